The second-order valence-electron chi connectivity index (χ2n) is 5.89. The molecule has 1 aromatic heterocycles. The van der Waals surface area contributed by atoms with Crippen LogP contribution >= 0.6 is 22.6 Å². The average molecular weight is 435 g/mol. The van der Waals surface area contributed by atoms with Gasteiger partial charge in [-0.1, -0.05) is 19.6 Å². The number of fused-ring (bicyclic) bond motifs is 1. The molecule has 2 heterocycles. The Morgan fingerprint density at radius 2 is 2.29 bits per heavy atom. The molecule has 0 spiro atoms. The van der Waals surface area contributed by atoms with Crippen molar-refractivity contribution in [2.75, 3.05) is 12.1 Å². The van der Waals surface area contributed by atoms with Crippen molar-refractivity contribution in [1.82, 2.24) is 9.99 Å². The summed E-state index contributed by atoms with van der Waals surface area (Å²) in [5, 5.41) is 4.05. The van der Waals surface area contributed by atoms with E-state index >= 15 is 0 Å². The molecule has 3 rings (SSSR count). The molecule has 2 N–H and O–H groups in total. The second-order valence-corrected chi connectivity index (χ2v) is 7.19. The quantitative estimate of drug-likeness (QED) is 0.732. The third-order valence-electron chi connectivity index (χ3n) is 4.32. The first-order chi connectivity index (χ1) is 11.5. The van der Waals surface area contributed by atoms with Gasteiger partial charge in [0.05, 0.1) is 29.3 Å². The molecule has 6 heteroatoms. The Balaban J connectivity index is 2.11. The monoisotopic (exact) mass is 435 g/mol. The maximum atomic E-state index is 6.37. The minimum atomic E-state index is -0.150. The predicted molar refractivity (Wildman–Crippen MR) is 108 cm³/mol. The van der Waals surface area contributed by atoms with Gasteiger partial charge in [0.2, 0.25) is 0 Å². The molecule has 1 aliphatic carbocycles. The molecule has 0 fully saturated rings. The lowest BCUT2D eigenvalue weighted by Gasteiger charge is -2.42. The van der Waals surface area contributed by atoms with Crippen molar-refractivity contribution in [2.24, 2.45) is 10.7 Å². The highest BCUT2D eigenvalue weighted by Crippen LogP contribution is 2.40. The van der Waals surface area contributed by atoms with Crippen LogP contribution in [0.3, 0.4) is 0 Å². The Labute approximate surface area is 156 Å². The van der Waals surface area contributed by atoms with Gasteiger partial charge in [-0.2, -0.15) is 0 Å². The van der Waals surface area contributed by atoms with Gasteiger partial charge in [0.1, 0.15) is 5.84 Å². The lowest BCUT2D eigenvalue weighted by molar-refractivity contribution is 0.475. The van der Waals surface area contributed by atoms with Crippen LogP contribution in [0.25, 0.3) is 0 Å². The number of nitrogens with zero attached hydrogens (tertiary/aromatic N) is 4. The van der Waals surface area contributed by atoms with Crippen molar-refractivity contribution >= 4 is 34.1 Å². The zero-order valence-corrected chi connectivity index (χ0v) is 16.2. The summed E-state index contributed by atoms with van der Waals surface area (Å²) in [4.78, 5) is 9.11. The third-order valence-corrected chi connectivity index (χ3v) is 5.39. The SMILES string of the molecule is C=C1C2=C(I)CCC=C2N=C([C@@H](N)CC)N1N(C)c1cccnc1. The number of hydrogen-bond donors (Lipinski definition) is 1. The van der Waals surface area contributed by atoms with E-state index in [4.69, 9.17) is 10.7 Å². The fraction of sp³-hybridized carbons (Fsp3) is 0.333. The fourth-order valence-electron chi connectivity index (χ4n) is 2.94. The van der Waals surface area contributed by atoms with E-state index in [-0.39, 0.29) is 6.04 Å². The topological polar surface area (TPSA) is 57.8 Å². The number of hydrogen-bond acceptors (Lipinski definition) is 5. The van der Waals surface area contributed by atoms with Crippen LogP contribution in [0.5, 0.6) is 0 Å². The summed E-state index contributed by atoms with van der Waals surface area (Å²) in [6.45, 7) is 6.44. The van der Waals surface area contributed by atoms with Gasteiger partial charge < -0.3 is 5.73 Å². The number of anilines is 1. The zero-order chi connectivity index (χ0) is 17.3. The fourth-order valence-corrected chi connectivity index (χ4v) is 3.84. The first-order valence-corrected chi connectivity index (χ1v) is 9.18. The second kappa shape index (κ2) is 7.06. The molecule has 0 radical (unpaired) electrons. The van der Waals surface area contributed by atoms with Gasteiger partial charge in [0, 0.05) is 22.4 Å². The number of aliphatic imine (C=N–C) groups is 1. The van der Waals surface area contributed by atoms with E-state index < -0.39 is 0 Å². The Morgan fingerprint density at radius 1 is 1.50 bits per heavy atom. The number of rotatable bonds is 4. The molecule has 0 bridgehead atoms. The van der Waals surface area contributed by atoms with Crippen LogP contribution < -0.4 is 10.7 Å². The molecule has 0 amide bonds. The van der Waals surface area contributed by atoms with Crippen LogP contribution in [0, 0.1) is 0 Å². The number of hydrazine groups is 1. The van der Waals surface area contributed by atoms with Crippen LogP contribution in [0.15, 0.2) is 62.7 Å². The molecule has 1 atom stereocenters. The number of aromatic nitrogens is 1. The van der Waals surface area contributed by atoms with Crippen LogP contribution in [0.2, 0.25) is 0 Å². The highest BCUT2D eigenvalue weighted by Gasteiger charge is 2.33. The van der Waals surface area contributed by atoms with E-state index in [2.05, 4.69) is 47.2 Å². The highest BCUT2D eigenvalue weighted by atomic mass is 127. The summed E-state index contributed by atoms with van der Waals surface area (Å²) >= 11 is 2.41. The molecule has 1 aromatic rings. The van der Waals surface area contributed by atoms with Gasteiger partial charge >= 0.3 is 0 Å². The number of amidine groups is 1. The minimum Gasteiger partial charge on any atom is -0.321 e. The summed E-state index contributed by atoms with van der Waals surface area (Å²) in [7, 11) is 1.99. The maximum Gasteiger partial charge on any atom is 0.145 e. The molecule has 0 saturated heterocycles. The summed E-state index contributed by atoms with van der Waals surface area (Å²) in [5.41, 5.74) is 10.4. The van der Waals surface area contributed by atoms with Gasteiger partial charge in [-0.05, 0) is 54.0 Å². The van der Waals surface area contributed by atoms with Gasteiger partial charge in [0.15, 0.2) is 0 Å². The third kappa shape index (κ3) is 3.00. The standard InChI is InChI=1S/C18H22IN5/c1-4-15(20)18-22-16-9-5-8-14(19)17(16)12(2)24(18)23(3)13-7-6-10-21-11-13/h6-7,9-11,15H,2,4-5,8,20H2,1,3H3/t15-/m0/s1. The predicted octanol–water partition coefficient (Wildman–Crippen LogP) is 3.76. The van der Waals surface area contributed by atoms with E-state index in [1.165, 1.54) is 3.58 Å². The summed E-state index contributed by atoms with van der Waals surface area (Å²) in [5.74, 6) is 0.829. The smallest absolute Gasteiger partial charge is 0.145 e. The van der Waals surface area contributed by atoms with Gasteiger partial charge in [-0.15, -0.1) is 0 Å². The normalized spacial score (nSPS) is 18.8. The van der Waals surface area contributed by atoms with Crippen LogP contribution in [0.4, 0.5) is 5.69 Å². The van der Waals surface area contributed by atoms with E-state index in [1.807, 2.05) is 35.4 Å². The van der Waals surface area contributed by atoms with E-state index in [9.17, 15) is 0 Å². The van der Waals surface area contributed by atoms with Crippen molar-refractivity contribution in [3.63, 3.8) is 0 Å². The zero-order valence-electron chi connectivity index (χ0n) is 14.0. The Hall–Kier alpha value is -1.67. The van der Waals surface area contributed by atoms with Crippen LogP contribution in [-0.2, 0) is 0 Å². The van der Waals surface area contributed by atoms with Crippen molar-refractivity contribution in [1.29, 1.82) is 0 Å². The van der Waals surface area contributed by atoms with Crippen molar-refractivity contribution in [3.05, 3.63) is 57.7 Å². The first-order valence-electron chi connectivity index (χ1n) is 8.11. The minimum absolute atomic E-state index is 0.150. The van der Waals surface area contributed by atoms with Crippen molar-refractivity contribution in [2.45, 2.75) is 32.2 Å². The molecule has 2 aliphatic rings. The Morgan fingerprint density at radius 3 is 2.96 bits per heavy atom. The average Bonchev–Trinajstić information content (AvgIpc) is 2.61. The maximum absolute atomic E-state index is 6.37. The molecule has 126 valence electrons. The number of pyridine rings is 1. The first kappa shape index (κ1) is 17.2. The van der Waals surface area contributed by atoms with Crippen molar-refractivity contribution < 1.29 is 0 Å². The lowest BCUT2D eigenvalue weighted by Crippen LogP contribution is -2.52. The molecule has 1 aliphatic heterocycles. The Kier molecular flexibility index (Phi) is 5.05. The molecule has 5 nitrogen and oxygen atoms in total. The molecular formula is C18H22IN5. The number of halogens is 1. The van der Waals surface area contributed by atoms with Gasteiger partial charge in [-0.3, -0.25) is 9.99 Å². The highest BCUT2D eigenvalue weighted by molar-refractivity contribution is 14.1. The summed E-state index contributed by atoms with van der Waals surface area (Å²) < 4.78 is 1.30. The molecule has 0 unspecified atom stereocenters. The molecule has 0 aromatic carbocycles. The molecule has 24 heavy (non-hydrogen) atoms. The van der Waals surface area contributed by atoms with E-state index in [0.29, 0.717) is 0 Å². The number of nitrogens with two attached hydrogens (primary N) is 1. The van der Waals surface area contributed by atoms with Crippen LogP contribution in [0.1, 0.15) is 26.2 Å². The largest absolute Gasteiger partial charge is 0.321 e. The summed E-state index contributed by atoms with van der Waals surface area (Å²) in [6.07, 6.45) is 8.64. The van der Waals surface area contributed by atoms with Gasteiger partial charge in [-0.25, -0.2) is 10.0 Å². The van der Waals surface area contributed by atoms with E-state index in [0.717, 1.165) is 47.8 Å². The lowest BCUT2D eigenvalue weighted by atomic mass is 9.98. The summed E-state index contributed by atoms with van der Waals surface area (Å²) in [6, 6.07) is 3.79. The molecular weight excluding hydrogens is 413 g/mol. The Bertz CT molecular complexity index is 735. The van der Waals surface area contributed by atoms with E-state index in [1.54, 1.807) is 6.20 Å². The van der Waals surface area contributed by atoms with Crippen molar-refractivity contribution in [3.8, 4) is 0 Å². The number of allylic oxidation sites excluding steroid dienone is 2. The van der Waals surface area contributed by atoms with Gasteiger partial charge in [0.25, 0.3) is 0 Å². The molecule has 0 saturated carbocycles. The van der Waals surface area contributed by atoms with Crippen LogP contribution in [-0.4, -0.2) is 28.9 Å².